The van der Waals surface area contributed by atoms with Gasteiger partial charge in [-0.25, -0.2) is 17.9 Å². The second kappa shape index (κ2) is 7.44. The number of aromatic nitrogens is 1. The van der Waals surface area contributed by atoms with Crippen molar-refractivity contribution in [2.75, 3.05) is 0 Å². The first-order chi connectivity index (χ1) is 9.36. The first kappa shape index (κ1) is 16.7. The highest BCUT2D eigenvalue weighted by Crippen LogP contribution is 2.13. The Morgan fingerprint density at radius 3 is 2.65 bits per heavy atom. The maximum atomic E-state index is 12.0. The van der Waals surface area contributed by atoms with Crippen molar-refractivity contribution in [3.63, 3.8) is 0 Å². The van der Waals surface area contributed by atoms with Crippen molar-refractivity contribution in [2.24, 2.45) is 0 Å². The van der Waals surface area contributed by atoms with Crippen molar-refractivity contribution in [3.05, 3.63) is 18.0 Å². The van der Waals surface area contributed by atoms with Gasteiger partial charge in [-0.2, -0.15) is 0 Å². The predicted molar refractivity (Wildman–Crippen MR) is 76.3 cm³/mol. The molecule has 0 fully saturated rings. The number of hydrogen-bond donors (Lipinski definition) is 3. The molecule has 0 bridgehead atoms. The topological polar surface area (TPSA) is 99.3 Å². The first-order valence-corrected chi connectivity index (χ1v) is 8.29. The van der Waals surface area contributed by atoms with E-state index in [1.165, 1.54) is 6.20 Å². The summed E-state index contributed by atoms with van der Waals surface area (Å²) in [5.74, 6) is -1.18. The number of aromatic carboxylic acids is 1. The van der Waals surface area contributed by atoms with Crippen molar-refractivity contribution < 1.29 is 18.3 Å². The van der Waals surface area contributed by atoms with E-state index in [2.05, 4.69) is 16.6 Å². The molecule has 7 heteroatoms. The number of carboxylic acid groups (broad SMARTS) is 1. The van der Waals surface area contributed by atoms with E-state index in [0.717, 1.165) is 38.2 Å². The molecule has 0 aliphatic rings. The van der Waals surface area contributed by atoms with Gasteiger partial charge in [-0.3, -0.25) is 0 Å². The van der Waals surface area contributed by atoms with Gasteiger partial charge in [-0.15, -0.1) is 0 Å². The van der Waals surface area contributed by atoms with Gasteiger partial charge in [0, 0.05) is 12.2 Å². The highest BCUT2D eigenvalue weighted by molar-refractivity contribution is 7.89. The van der Waals surface area contributed by atoms with Gasteiger partial charge in [0.05, 0.1) is 0 Å². The molecule has 1 rings (SSSR count). The quantitative estimate of drug-likeness (QED) is 0.610. The predicted octanol–water partition coefficient (Wildman–Crippen LogP) is 2.35. The molecule has 0 aliphatic heterocycles. The highest BCUT2D eigenvalue weighted by atomic mass is 32.2. The molecular formula is C13H22N2O4S. The summed E-state index contributed by atoms with van der Waals surface area (Å²) < 4.78 is 26.6. The van der Waals surface area contributed by atoms with Gasteiger partial charge >= 0.3 is 5.97 Å². The zero-order valence-electron chi connectivity index (χ0n) is 11.8. The molecule has 0 aromatic carbocycles. The fraction of sp³-hybridized carbons (Fsp3) is 0.615. The molecule has 0 aliphatic carbocycles. The fourth-order valence-corrected chi connectivity index (χ4v) is 3.19. The monoisotopic (exact) mass is 302 g/mol. The summed E-state index contributed by atoms with van der Waals surface area (Å²) in [6, 6.07) is 0.953. The molecule has 1 aromatic heterocycles. The van der Waals surface area contributed by atoms with Crippen LogP contribution < -0.4 is 4.72 Å². The number of hydrogen-bond acceptors (Lipinski definition) is 3. The first-order valence-electron chi connectivity index (χ1n) is 6.81. The van der Waals surface area contributed by atoms with Crippen molar-refractivity contribution in [3.8, 4) is 0 Å². The second-order valence-corrected chi connectivity index (χ2v) is 6.64. The fourth-order valence-electron chi connectivity index (χ4n) is 1.92. The standard InChI is InChI=1S/C13H22N2O4S/c1-3-4-5-6-7-10(2)15-20(18,19)11-8-12(13(16)17)14-9-11/h8-10,14-15H,3-7H2,1-2H3,(H,16,17). The molecule has 3 N–H and O–H groups in total. The Bertz CT molecular complexity index is 536. The molecule has 0 saturated heterocycles. The lowest BCUT2D eigenvalue weighted by molar-refractivity contribution is 0.0691. The SMILES string of the molecule is CCCCCCC(C)NS(=O)(=O)c1c[nH]c(C(=O)O)c1. The van der Waals surface area contributed by atoms with E-state index < -0.39 is 16.0 Å². The van der Waals surface area contributed by atoms with Crippen LogP contribution in [0.4, 0.5) is 0 Å². The average Bonchev–Trinajstić information content (AvgIpc) is 2.84. The minimum atomic E-state index is -3.66. The molecule has 0 radical (unpaired) electrons. The Hall–Kier alpha value is -1.34. The van der Waals surface area contributed by atoms with E-state index in [-0.39, 0.29) is 16.6 Å². The van der Waals surface area contributed by atoms with E-state index >= 15 is 0 Å². The van der Waals surface area contributed by atoms with Crippen molar-refractivity contribution in [1.82, 2.24) is 9.71 Å². The second-order valence-electron chi connectivity index (χ2n) is 4.93. The Morgan fingerprint density at radius 1 is 1.40 bits per heavy atom. The van der Waals surface area contributed by atoms with Crippen molar-refractivity contribution in [1.29, 1.82) is 0 Å². The van der Waals surface area contributed by atoms with Gasteiger partial charge in [0.15, 0.2) is 0 Å². The zero-order chi connectivity index (χ0) is 15.2. The van der Waals surface area contributed by atoms with E-state index in [1.54, 1.807) is 0 Å². The van der Waals surface area contributed by atoms with E-state index in [1.807, 2.05) is 6.92 Å². The molecule has 20 heavy (non-hydrogen) atoms. The molecule has 0 spiro atoms. The third-order valence-electron chi connectivity index (χ3n) is 3.04. The van der Waals surface area contributed by atoms with Crippen LogP contribution in [0.1, 0.15) is 56.4 Å². The number of carboxylic acids is 1. The van der Waals surface area contributed by atoms with Gasteiger partial charge in [-0.1, -0.05) is 32.6 Å². The average molecular weight is 302 g/mol. The van der Waals surface area contributed by atoms with E-state index in [0.29, 0.717) is 0 Å². The maximum Gasteiger partial charge on any atom is 0.352 e. The van der Waals surface area contributed by atoms with Gasteiger partial charge in [-0.05, 0) is 19.4 Å². The van der Waals surface area contributed by atoms with Crippen LogP contribution in [0.25, 0.3) is 0 Å². The number of aromatic amines is 1. The number of unbranched alkanes of at least 4 members (excludes halogenated alkanes) is 3. The third-order valence-corrected chi connectivity index (χ3v) is 4.61. The van der Waals surface area contributed by atoms with Gasteiger partial charge in [0.2, 0.25) is 10.0 Å². The molecule has 114 valence electrons. The van der Waals surface area contributed by atoms with Crippen molar-refractivity contribution >= 4 is 16.0 Å². The smallest absolute Gasteiger partial charge is 0.352 e. The molecule has 1 heterocycles. The Labute approximate surface area is 119 Å². The lowest BCUT2D eigenvalue weighted by Crippen LogP contribution is -2.32. The summed E-state index contributed by atoms with van der Waals surface area (Å²) in [7, 11) is -3.66. The molecular weight excluding hydrogens is 280 g/mol. The molecule has 6 nitrogen and oxygen atoms in total. The van der Waals surface area contributed by atoms with Crippen LogP contribution in [-0.2, 0) is 10.0 Å². The van der Waals surface area contributed by atoms with Crippen LogP contribution in [0.15, 0.2) is 17.2 Å². The molecule has 0 saturated carbocycles. The Balaban J connectivity index is 2.57. The Kier molecular flexibility index (Phi) is 6.22. The summed E-state index contributed by atoms with van der Waals surface area (Å²) in [6.45, 7) is 3.94. The number of rotatable bonds is 9. The molecule has 0 amide bonds. The molecule has 1 aromatic rings. The minimum Gasteiger partial charge on any atom is -0.477 e. The Morgan fingerprint density at radius 2 is 2.10 bits per heavy atom. The summed E-state index contributed by atoms with van der Waals surface area (Å²) >= 11 is 0. The minimum absolute atomic E-state index is 0.0460. The summed E-state index contributed by atoms with van der Waals surface area (Å²) in [6.07, 6.45) is 6.33. The van der Waals surface area contributed by atoms with E-state index in [9.17, 15) is 13.2 Å². The van der Waals surface area contributed by atoms with Crippen LogP contribution in [0, 0.1) is 0 Å². The highest BCUT2D eigenvalue weighted by Gasteiger charge is 2.20. The van der Waals surface area contributed by atoms with Gasteiger partial charge in [0.25, 0.3) is 0 Å². The van der Waals surface area contributed by atoms with Crippen LogP contribution in [0.2, 0.25) is 0 Å². The molecule has 1 unspecified atom stereocenters. The summed E-state index contributed by atoms with van der Waals surface area (Å²) in [5.41, 5.74) is -0.138. The van der Waals surface area contributed by atoms with Crippen LogP contribution >= 0.6 is 0 Å². The largest absolute Gasteiger partial charge is 0.477 e. The van der Waals surface area contributed by atoms with Crippen molar-refractivity contribution in [2.45, 2.75) is 56.9 Å². The summed E-state index contributed by atoms with van der Waals surface area (Å²) in [5, 5.41) is 8.77. The summed E-state index contributed by atoms with van der Waals surface area (Å²) in [4.78, 5) is 13.1. The lowest BCUT2D eigenvalue weighted by Gasteiger charge is -2.13. The molecule has 1 atom stereocenters. The number of nitrogens with one attached hydrogen (secondary N) is 2. The normalized spacial score (nSPS) is 13.3. The van der Waals surface area contributed by atoms with Crippen LogP contribution in [-0.4, -0.2) is 30.5 Å². The van der Waals surface area contributed by atoms with Crippen LogP contribution in [0.5, 0.6) is 0 Å². The number of carbonyl (C=O) groups is 1. The van der Waals surface area contributed by atoms with Gasteiger partial charge < -0.3 is 10.1 Å². The number of sulfonamides is 1. The van der Waals surface area contributed by atoms with Gasteiger partial charge in [0.1, 0.15) is 10.6 Å². The van der Waals surface area contributed by atoms with E-state index in [4.69, 9.17) is 5.11 Å². The maximum absolute atomic E-state index is 12.0. The number of H-pyrrole nitrogens is 1. The third kappa shape index (κ3) is 4.97. The zero-order valence-corrected chi connectivity index (χ0v) is 12.7. The lowest BCUT2D eigenvalue weighted by atomic mass is 10.1. The van der Waals surface area contributed by atoms with Crippen LogP contribution in [0.3, 0.4) is 0 Å².